The van der Waals surface area contributed by atoms with Crippen molar-refractivity contribution in [2.75, 3.05) is 0 Å². The molecule has 0 aliphatic heterocycles. The van der Waals surface area contributed by atoms with E-state index in [4.69, 9.17) is 10.8 Å². The monoisotopic (exact) mass is 201 g/mol. The Hall–Kier alpha value is 0.650. The molecule has 0 saturated heterocycles. The summed E-state index contributed by atoms with van der Waals surface area (Å²) < 4.78 is -0.988. The summed E-state index contributed by atoms with van der Waals surface area (Å²) in [5.74, 6) is 0. The summed E-state index contributed by atoms with van der Waals surface area (Å²) in [5, 5.41) is 8.59. The lowest BCUT2D eigenvalue weighted by Crippen LogP contribution is -2.29. The predicted octanol–water partition coefficient (Wildman–Crippen LogP) is 0.436. The molecule has 1 unspecified atom stereocenters. The van der Waals surface area contributed by atoms with Crippen molar-refractivity contribution in [2.45, 2.75) is 17.1 Å². The number of hydrogen-bond donors (Lipinski definition) is 2. The Balaban J connectivity index is 3.17. The summed E-state index contributed by atoms with van der Waals surface area (Å²) in [6, 6.07) is 0. The Morgan fingerprint density at radius 3 is 2.17 bits per heavy atom. The zero-order valence-electron chi connectivity index (χ0n) is 3.61. The van der Waals surface area contributed by atoms with Gasteiger partial charge in [0.05, 0.1) is 0 Å². The van der Waals surface area contributed by atoms with Crippen LogP contribution in [0.2, 0.25) is 0 Å². The van der Waals surface area contributed by atoms with Crippen molar-refractivity contribution in [1.29, 1.82) is 0 Å². The average Bonchev–Trinajstić information content (AvgIpc) is 1.35. The molecule has 0 aliphatic rings. The molecule has 3 N–H and O–H groups in total. The van der Waals surface area contributed by atoms with E-state index in [9.17, 15) is 0 Å². The first-order valence-corrected chi connectivity index (χ1v) is 2.84. The van der Waals surface area contributed by atoms with Gasteiger partial charge >= 0.3 is 0 Å². The van der Waals surface area contributed by atoms with Crippen molar-refractivity contribution in [3.8, 4) is 0 Å². The van der Waals surface area contributed by atoms with Gasteiger partial charge in [0.1, 0.15) is 0 Å². The molecule has 0 heterocycles. The quantitative estimate of drug-likeness (QED) is 0.280. The summed E-state index contributed by atoms with van der Waals surface area (Å²) in [7, 11) is 0. The van der Waals surface area contributed by atoms with Crippen LogP contribution in [0.5, 0.6) is 0 Å². The first kappa shape index (κ1) is 6.65. The van der Waals surface area contributed by atoms with Gasteiger partial charge < -0.3 is 5.11 Å². The van der Waals surface area contributed by atoms with E-state index in [1.165, 1.54) is 0 Å². The molecule has 0 fully saturated rings. The minimum atomic E-state index is -0.988. The zero-order chi connectivity index (χ0) is 5.21. The Labute approximate surface area is 50.9 Å². The van der Waals surface area contributed by atoms with E-state index in [1.807, 2.05) is 6.92 Å². The maximum absolute atomic E-state index is 8.59. The first-order chi connectivity index (χ1) is 2.56. The van der Waals surface area contributed by atoms with Crippen molar-refractivity contribution in [1.82, 2.24) is 0 Å². The molecular weight excluding hydrogens is 193 g/mol. The third-order valence-corrected chi connectivity index (χ3v) is 1.26. The van der Waals surface area contributed by atoms with E-state index in [0.717, 1.165) is 0 Å². The largest absolute Gasteiger partial charge is 0.367 e. The van der Waals surface area contributed by atoms with Crippen LogP contribution >= 0.6 is 22.6 Å². The molecule has 0 spiro atoms. The first-order valence-electron chi connectivity index (χ1n) is 1.76. The van der Waals surface area contributed by atoms with E-state index in [-0.39, 0.29) is 0 Å². The van der Waals surface area contributed by atoms with Gasteiger partial charge in [-0.15, -0.1) is 0 Å². The third-order valence-electron chi connectivity index (χ3n) is 0.496. The minimum absolute atomic E-state index is 0.591. The zero-order valence-corrected chi connectivity index (χ0v) is 5.77. The highest BCUT2D eigenvalue weighted by atomic mass is 127. The Morgan fingerprint density at radius 2 is 2.17 bits per heavy atom. The van der Waals surface area contributed by atoms with Crippen molar-refractivity contribution in [3.05, 3.63) is 0 Å². The standard InChI is InChI=1S/C3H8INO/c1-2-3(4,5)6/h6H,2,5H2,1H3. The fraction of sp³-hybridized carbons (Fsp3) is 1.00. The Morgan fingerprint density at radius 1 is 2.00 bits per heavy atom. The van der Waals surface area contributed by atoms with E-state index >= 15 is 0 Å². The predicted molar refractivity (Wildman–Crippen MR) is 33.4 cm³/mol. The van der Waals surface area contributed by atoms with Gasteiger partial charge in [0.15, 0.2) is 3.73 Å². The van der Waals surface area contributed by atoms with Crippen LogP contribution in [0.4, 0.5) is 0 Å². The molecule has 0 aromatic rings. The maximum Gasteiger partial charge on any atom is 0.165 e. The normalized spacial score (nSPS) is 20.0. The lowest BCUT2D eigenvalue weighted by atomic mass is 10.5. The van der Waals surface area contributed by atoms with Gasteiger partial charge in [0.25, 0.3) is 0 Å². The third kappa shape index (κ3) is 4.65. The molecule has 3 heteroatoms. The summed E-state index contributed by atoms with van der Waals surface area (Å²) in [4.78, 5) is 0. The molecule has 0 radical (unpaired) electrons. The lowest BCUT2D eigenvalue weighted by molar-refractivity contribution is 0.160. The van der Waals surface area contributed by atoms with Gasteiger partial charge in [0.2, 0.25) is 0 Å². The second-order valence-corrected chi connectivity index (χ2v) is 3.04. The smallest absolute Gasteiger partial charge is 0.165 e. The van der Waals surface area contributed by atoms with Crippen molar-refractivity contribution in [2.24, 2.45) is 5.73 Å². The molecule has 6 heavy (non-hydrogen) atoms. The van der Waals surface area contributed by atoms with Crippen LogP contribution < -0.4 is 5.73 Å². The highest BCUT2D eigenvalue weighted by molar-refractivity contribution is 14.1. The molecule has 38 valence electrons. The summed E-state index contributed by atoms with van der Waals surface area (Å²) in [6.07, 6.45) is 0.591. The molecule has 0 saturated carbocycles. The van der Waals surface area contributed by atoms with E-state index in [0.29, 0.717) is 6.42 Å². The molecule has 0 amide bonds. The van der Waals surface area contributed by atoms with Crippen molar-refractivity contribution in [3.63, 3.8) is 0 Å². The van der Waals surface area contributed by atoms with Gasteiger partial charge in [-0.3, -0.25) is 5.73 Å². The molecule has 0 aromatic carbocycles. The number of aliphatic hydroxyl groups is 1. The molecule has 0 rings (SSSR count). The summed E-state index contributed by atoms with van der Waals surface area (Å²) in [6.45, 7) is 1.83. The van der Waals surface area contributed by atoms with Crippen LogP contribution in [0.1, 0.15) is 13.3 Å². The number of alkyl halides is 1. The van der Waals surface area contributed by atoms with Gasteiger partial charge in [-0.25, -0.2) is 0 Å². The fourth-order valence-electron chi connectivity index (χ4n) is 0. The van der Waals surface area contributed by atoms with Crippen LogP contribution in [0.15, 0.2) is 0 Å². The average molecular weight is 201 g/mol. The minimum Gasteiger partial charge on any atom is -0.367 e. The SMILES string of the molecule is CCC(N)(O)I. The fourth-order valence-corrected chi connectivity index (χ4v) is 0. The van der Waals surface area contributed by atoms with E-state index < -0.39 is 3.73 Å². The molecule has 2 nitrogen and oxygen atoms in total. The number of rotatable bonds is 1. The van der Waals surface area contributed by atoms with E-state index in [2.05, 4.69) is 0 Å². The Bertz CT molecular complexity index is 40.5. The molecule has 0 bridgehead atoms. The number of nitrogens with two attached hydrogens (primary N) is 1. The second-order valence-electron chi connectivity index (χ2n) is 1.17. The van der Waals surface area contributed by atoms with E-state index in [1.54, 1.807) is 22.6 Å². The maximum atomic E-state index is 8.59. The molecule has 1 atom stereocenters. The molecule has 0 aromatic heterocycles. The van der Waals surface area contributed by atoms with Gasteiger partial charge in [-0.2, -0.15) is 0 Å². The van der Waals surface area contributed by atoms with Gasteiger partial charge in [-0.1, -0.05) is 6.92 Å². The lowest BCUT2D eigenvalue weighted by Gasteiger charge is -2.09. The van der Waals surface area contributed by atoms with Crippen LogP contribution in [0.3, 0.4) is 0 Å². The van der Waals surface area contributed by atoms with Crippen LogP contribution in [-0.2, 0) is 0 Å². The molecule has 0 aliphatic carbocycles. The number of halogens is 1. The second kappa shape index (κ2) is 2.09. The number of hydrogen-bond acceptors (Lipinski definition) is 2. The summed E-state index contributed by atoms with van der Waals surface area (Å²) >= 11 is 1.77. The van der Waals surface area contributed by atoms with Crippen LogP contribution in [-0.4, -0.2) is 8.84 Å². The highest BCUT2D eigenvalue weighted by Crippen LogP contribution is 2.08. The topological polar surface area (TPSA) is 46.2 Å². The van der Waals surface area contributed by atoms with Crippen LogP contribution in [0.25, 0.3) is 0 Å². The Kier molecular flexibility index (Phi) is 2.31. The summed E-state index contributed by atoms with van der Waals surface area (Å²) in [5.41, 5.74) is 5.08. The van der Waals surface area contributed by atoms with Crippen molar-refractivity contribution >= 4 is 22.6 Å². The molecular formula is C3H8INO. The van der Waals surface area contributed by atoms with Gasteiger partial charge in [0, 0.05) is 0 Å². The van der Waals surface area contributed by atoms with Gasteiger partial charge in [-0.05, 0) is 29.0 Å². The van der Waals surface area contributed by atoms with Crippen molar-refractivity contribution < 1.29 is 5.11 Å². The highest BCUT2D eigenvalue weighted by Gasteiger charge is 2.09. The van der Waals surface area contributed by atoms with Crippen LogP contribution in [0, 0.1) is 0 Å².